The van der Waals surface area contributed by atoms with Crippen LogP contribution in [-0.4, -0.2) is 25.7 Å². The zero-order chi connectivity index (χ0) is 20.5. The molecule has 4 rings (SSSR count). The largest absolute Gasteiger partial charge is 0.486 e. The minimum atomic E-state index is -0.372. The second-order valence-electron chi connectivity index (χ2n) is 6.97. The lowest BCUT2D eigenvalue weighted by molar-refractivity contribution is -0.118. The number of rotatable bonds is 4. The monoisotopic (exact) mass is 395 g/mol. The van der Waals surface area contributed by atoms with Crippen LogP contribution in [0, 0.1) is 20.8 Å². The minimum Gasteiger partial charge on any atom is -0.486 e. The molecule has 1 amide bonds. The maximum atomic E-state index is 12.4. The second kappa shape index (κ2) is 7.50. The van der Waals surface area contributed by atoms with Gasteiger partial charge in [-0.05, 0) is 56.2 Å². The predicted octanol–water partition coefficient (Wildman–Crippen LogP) is 3.51. The molecule has 0 bridgehead atoms. The number of carbonyl (C=O) groups excluding carboxylic acids is 1. The Morgan fingerprint density at radius 1 is 1.03 bits per heavy atom. The first kappa shape index (κ1) is 18.9. The smallest absolute Gasteiger partial charge is 0.339 e. The summed E-state index contributed by atoms with van der Waals surface area (Å²) in [6, 6.07) is 8.83. The summed E-state index contributed by atoms with van der Waals surface area (Å²) < 4.78 is 22.2. The van der Waals surface area contributed by atoms with Crippen molar-refractivity contribution in [2.24, 2.45) is 0 Å². The molecule has 0 saturated heterocycles. The van der Waals surface area contributed by atoms with Crippen LogP contribution in [0.25, 0.3) is 11.0 Å². The number of hydrogen-bond acceptors (Lipinski definition) is 6. The molecular weight excluding hydrogens is 374 g/mol. The van der Waals surface area contributed by atoms with Crippen molar-refractivity contribution in [1.82, 2.24) is 0 Å². The number of amides is 1. The van der Waals surface area contributed by atoms with E-state index in [1.54, 1.807) is 31.2 Å². The lowest BCUT2D eigenvalue weighted by atomic mass is 10.0. The third-order valence-corrected chi connectivity index (χ3v) is 4.84. The summed E-state index contributed by atoms with van der Waals surface area (Å²) >= 11 is 0. The van der Waals surface area contributed by atoms with Crippen LogP contribution in [0.2, 0.25) is 0 Å². The van der Waals surface area contributed by atoms with Crippen molar-refractivity contribution >= 4 is 22.6 Å². The summed E-state index contributed by atoms with van der Waals surface area (Å²) in [5.74, 6) is 1.44. The molecule has 1 aliphatic heterocycles. The van der Waals surface area contributed by atoms with E-state index < -0.39 is 0 Å². The number of anilines is 1. The van der Waals surface area contributed by atoms with Crippen molar-refractivity contribution in [3.05, 3.63) is 57.4 Å². The fourth-order valence-corrected chi connectivity index (χ4v) is 3.26. The van der Waals surface area contributed by atoms with Gasteiger partial charge in [-0.2, -0.15) is 0 Å². The van der Waals surface area contributed by atoms with Crippen LogP contribution in [0.4, 0.5) is 5.69 Å². The third kappa shape index (κ3) is 3.76. The van der Waals surface area contributed by atoms with Gasteiger partial charge in [-0.15, -0.1) is 0 Å². The van der Waals surface area contributed by atoms with E-state index >= 15 is 0 Å². The zero-order valence-corrected chi connectivity index (χ0v) is 16.5. The maximum Gasteiger partial charge on any atom is 0.339 e. The summed E-state index contributed by atoms with van der Waals surface area (Å²) in [5, 5.41) is 3.48. The topological polar surface area (TPSA) is 87.0 Å². The average molecular weight is 395 g/mol. The van der Waals surface area contributed by atoms with Crippen LogP contribution in [0.1, 0.15) is 16.7 Å². The molecule has 3 aromatic rings. The second-order valence-corrected chi connectivity index (χ2v) is 6.97. The molecule has 1 N–H and O–H groups in total. The highest BCUT2D eigenvalue weighted by Crippen LogP contribution is 2.33. The van der Waals surface area contributed by atoms with Crippen LogP contribution in [0.5, 0.6) is 17.2 Å². The molecule has 2 aromatic carbocycles. The molecule has 7 nitrogen and oxygen atoms in total. The SMILES string of the molecule is Cc1cc(OCC(=O)Nc2ccc3c(c2)OCCO3)c2c(C)c(C)c(=O)oc2c1. The molecule has 0 aliphatic carbocycles. The molecule has 0 fully saturated rings. The zero-order valence-electron chi connectivity index (χ0n) is 16.5. The Hall–Kier alpha value is -3.48. The van der Waals surface area contributed by atoms with Gasteiger partial charge in [0.05, 0.1) is 5.39 Å². The highest BCUT2D eigenvalue weighted by Gasteiger charge is 2.16. The van der Waals surface area contributed by atoms with Gasteiger partial charge in [0.1, 0.15) is 24.5 Å². The Morgan fingerprint density at radius 3 is 2.59 bits per heavy atom. The molecule has 0 saturated carbocycles. The van der Waals surface area contributed by atoms with Crippen molar-refractivity contribution in [3.8, 4) is 17.2 Å². The van der Waals surface area contributed by atoms with Crippen molar-refractivity contribution in [2.45, 2.75) is 20.8 Å². The quantitative estimate of drug-likeness (QED) is 0.681. The molecule has 1 aromatic heterocycles. The first-order chi connectivity index (χ1) is 13.9. The van der Waals surface area contributed by atoms with E-state index in [1.807, 2.05) is 19.9 Å². The van der Waals surface area contributed by atoms with Crippen molar-refractivity contribution in [1.29, 1.82) is 0 Å². The first-order valence-electron chi connectivity index (χ1n) is 9.29. The number of fused-ring (bicyclic) bond motifs is 2. The number of carbonyl (C=O) groups is 1. The van der Waals surface area contributed by atoms with Crippen LogP contribution in [-0.2, 0) is 4.79 Å². The van der Waals surface area contributed by atoms with E-state index in [-0.39, 0.29) is 18.1 Å². The van der Waals surface area contributed by atoms with Crippen LogP contribution < -0.4 is 25.2 Å². The molecule has 0 spiro atoms. The standard InChI is InChI=1S/C22H21NO6/c1-12-8-18(21-13(2)14(3)22(25)29-19(21)9-12)28-11-20(24)23-15-4-5-16-17(10-15)27-7-6-26-16/h4-5,8-10H,6-7,11H2,1-3H3,(H,23,24). The fraction of sp³-hybridized carbons (Fsp3) is 0.273. The van der Waals surface area contributed by atoms with Crippen molar-refractivity contribution < 1.29 is 23.4 Å². The third-order valence-electron chi connectivity index (χ3n) is 4.84. The van der Waals surface area contributed by atoms with E-state index in [0.717, 1.165) is 11.1 Å². The molecule has 0 atom stereocenters. The summed E-state index contributed by atoms with van der Waals surface area (Å²) in [7, 11) is 0. The summed E-state index contributed by atoms with van der Waals surface area (Å²) in [4.78, 5) is 24.4. The number of hydrogen-bond donors (Lipinski definition) is 1. The summed E-state index contributed by atoms with van der Waals surface area (Å²) in [5.41, 5.74) is 2.83. The molecule has 0 unspecified atom stereocenters. The summed E-state index contributed by atoms with van der Waals surface area (Å²) in [6.07, 6.45) is 0. The Labute approximate surface area is 167 Å². The average Bonchev–Trinajstić information content (AvgIpc) is 2.70. The van der Waals surface area contributed by atoms with Crippen LogP contribution >= 0.6 is 0 Å². The van der Waals surface area contributed by atoms with Gasteiger partial charge < -0.3 is 23.9 Å². The highest BCUT2D eigenvalue weighted by molar-refractivity contribution is 5.93. The number of benzene rings is 2. The molecule has 1 aliphatic rings. The van der Waals surface area contributed by atoms with E-state index in [1.165, 1.54) is 0 Å². The lowest BCUT2D eigenvalue weighted by Crippen LogP contribution is -2.21. The summed E-state index contributed by atoms with van der Waals surface area (Å²) in [6.45, 7) is 6.21. The molecule has 29 heavy (non-hydrogen) atoms. The lowest BCUT2D eigenvalue weighted by Gasteiger charge is -2.19. The first-order valence-corrected chi connectivity index (χ1v) is 9.29. The Kier molecular flexibility index (Phi) is 4.88. The molecular formula is C22H21NO6. The maximum absolute atomic E-state index is 12.4. The van der Waals surface area contributed by atoms with E-state index in [0.29, 0.717) is 52.7 Å². The van der Waals surface area contributed by atoms with Gasteiger partial charge in [-0.25, -0.2) is 4.79 Å². The van der Waals surface area contributed by atoms with Gasteiger partial charge in [-0.1, -0.05) is 0 Å². The van der Waals surface area contributed by atoms with E-state index in [9.17, 15) is 9.59 Å². The minimum absolute atomic E-state index is 0.190. The van der Waals surface area contributed by atoms with Gasteiger partial charge in [0, 0.05) is 17.3 Å². The number of aryl methyl sites for hydroxylation is 2. The van der Waals surface area contributed by atoms with Crippen molar-refractivity contribution in [3.63, 3.8) is 0 Å². The normalized spacial score (nSPS) is 12.7. The fourth-order valence-electron chi connectivity index (χ4n) is 3.26. The van der Waals surface area contributed by atoms with Crippen LogP contribution in [0.15, 0.2) is 39.5 Å². The van der Waals surface area contributed by atoms with E-state index in [2.05, 4.69) is 5.32 Å². The Bertz CT molecular complexity index is 1160. The number of ether oxygens (including phenoxy) is 3. The van der Waals surface area contributed by atoms with Gasteiger partial charge in [-0.3, -0.25) is 4.79 Å². The molecule has 150 valence electrons. The van der Waals surface area contributed by atoms with Gasteiger partial charge >= 0.3 is 5.63 Å². The van der Waals surface area contributed by atoms with Crippen molar-refractivity contribution in [2.75, 3.05) is 25.1 Å². The molecule has 2 heterocycles. The van der Waals surface area contributed by atoms with Gasteiger partial charge in [0.25, 0.3) is 5.91 Å². The molecule has 7 heteroatoms. The van der Waals surface area contributed by atoms with Crippen LogP contribution in [0.3, 0.4) is 0 Å². The number of nitrogens with one attached hydrogen (secondary N) is 1. The van der Waals surface area contributed by atoms with Gasteiger partial charge in [0.15, 0.2) is 18.1 Å². The highest BCUT2D eigenvalue weighted by atomic mass is 16.6. The van der Waals surface area contributed by atoms with E-state index in [4.69, 9.17) is 18.6 Å². The van der Waals surface area contributed by atoms with Gasteiger partial charge in [0.2, 0.25) is 0 Å². The molecule has 0 radical (unpaired) electrons. The Morgan fingerprint density at radius 2 is 1.79 bits per heavy atom. The Balaban J connectivity index is 1.53. The predicted molar refractivity (Wildman–Crippen MR) is 108 cm³/mol.